The molecule has 1 aromatic rings. The molecule has 1 aromatic heterocycles. The molecule has 0 aromatic carbocycles. The van der Waals surface area contributed by atoms with Crippen LogP contribution in [0.3, 0.4) is 0 Å². The van der Waals surface area contributed by atoms with E-state index in [4.69, 9.17) is 4.74 Å². The molecule has 2 aliphatic rings. The molecule has 3 heterocycles. The van der Waals surface area contributed by atoms with Crippen LogP contribution in [0.4, 0.5) is 5.82 Å². The summed E-state index contributed by atoms with van der Waals surface area (Å²) in [6.45, 7) is 0.932. The summed E-state index contributed by atoms with van der Waals surface area (Å²) in [4.78, 5) is 17.8. The topological polar surface area (TPSA) is 42.4 Å². The van der Waals surface area contributed by atoms with Gasteiger partial charge in [0.2, 0.25) is 0 Å². The highest BCUT2D eigenvalue weighted by atomic mass is 16.6. The number of carbonyl (C=O) groups excluding carboxylic acids is 1. The summed E-state index contributed by atoms with van der Waals surface area (Å²) >= 11 is 0. The minimum Gasteiger partial charge on any atom is -0.438 e. The molecule has 1 saturated heterocycles. The molecule has 0 aliphatic carbocycles. The van der Waals surface area contributed by atoms with Gasteiger partial charge in [0.1, 0.15) is 11.4 Å². The van der Waals surface area contributed by atoms with Gasteiger partial charge in [-0.05, 0) is 18.6 Å². The Balaban J connectivity index is 2.13. The molecule has 0 N–H and O–H groups in total. The first kappa shape index (κ1) is 7.79. The minimum atomic E-state index is -0.240. The van der Waals surface area contributed by atoms with Gasteiger partial charge >= 0.3 is 5.97 Å². The van der Waals surface area contributed by atoms with Gasteiger partial charge in [0.05, 0.1) is 0 Å². The van der Waals surface area contributed by atoms with Gasteiger partial charge in [0.25, 0.3) is 0 Å². The maximum Gasteiger partial charge on any atom is 0.343 e. The number of anilines is 1. The Morgan fingerprint density at radius 1 is 1.57 bits per heavy atom. The largest absolute Gasteiger partial charge is 0.438 e. The first-order chi connectivity index (χ1) is 6.86. The Kier molecular flexibility index (Phi) is 1.50. The number of fused-ring (bicyclic) bond motifs is 3. The van der Waals surface area contributed by atoms with Crippen LogP contribution < -0.4 is 4.90 Å². The molecule has 0 bridgehead atoms. The van der Waals surface area contributed by atoms with Crippen molar-refractivity contribution in [1.29, 1.82) is 0 Å². The molecular weight excluding hydrogens is 180 g/mol. The smallest absolute Gasteiger partial charge is 0.343 e. The van der Waals surface area contributed by atoms with Crippen molar-refractivity contribution in [3.05, 3.63) is 23.9 Å². The molecule has 0 amide bonds. The summed E-state index contributed by atoms with van der Waals surface area (Å²) in [6.07, 6.45) is 3.62. The third-order valence-corrected chi connectivity index (χ3v) is 2.72. The van der Waals surface area contributed by atoms with Crippen molar-refractivity contribution >= 4 is 11.8 Å². The van der Waals surface area contributed by atoms with Gasteiger partial charge < -0.3 is 9.64 Å². The van der Waals surface area contributed by atoms with Gasteiger partial charge in [-0.15, -0.1) is 0 Å². The number of nitrogens with zero attached hydrogens (tertiary/aromatic N) is 2. The lowest BCUT2D eigenvalue weighted by Gasteiger charge is -2.31. The second-order valence-electron chi connectivity index (χ2n) is 3.57. The summed E-state index contributed by atoms with van der Waals surface area (Å²) < 4.78 is 5.28. The van der Waals surface area contributed by atoms with Gasteiger partial charge in [0.15, 0.2) is 6.23 Å². The average molecular weight is 190 g/mol. The predicted octanol–water partition coefficient (Wildman–Crippen LogP) is 1.18. The van der Waals surface area contributed by atoms with E-state index >= 15 is 0 Å². The van der Waals surface area contributed by atoms with Crippen molar-refractivity contribution in [2.75, 3.05) is 11.4 Å². The molecule has 14 heavy (non-hydrogen) atoms. The van der Waals surface area contributed by atoms with Crippen LogP contribution in [0.1, 0.15) is 23.2 Å². The molecule has 72 valence electrons. The van der Waals surface area contributed by atoms with Gasteiger partial charge in [0, 0.05) is 19.2 Å². The number of aromatic nitrogens is 1. The third kappa shape index (κ3) is 0.937. The molecule has 0 saturated carbocycles. The zero-order chi connectivity index (χ0) is 9.54. The van der Waals surface area contributed by atoms with Gasteiger partial charge in [-0.1, -0.05) is 0 Å². The van der Waals surface area contributed by atoms with E-state index in [2.05, 4.69) is 9.88 Å². The van der Waals surface area contributed by atoms with Gasteiger partial charge in [-0.2, -0.15) is 0 Å². The van der Waals surface area contributed by atoms with Crippen molar-refractivity contribution in [1.82, 2.24) is 4.98 Å². The molecule has 0 spiro atoms. The molecule has 4 nitrogen and oxygen atoms in total. The molecule has 1 unspecified atom stereocenters. The lowest BCUT2D eigenvalue weighted by atomic mass is 10.2. The van der Waals surface area contributed by atoms with Crippen molar-refractivity contribution in [3.8, 4) is 0 Å². The Morgan fingerprint density at radius 3 is 3.43 bits per heavy atom. The first-order valence-corrected chi connectivity index (χ1v) is 4.79. The van der Waals surface area contributed by atoms with Gasteiger partial charge in [-0.25, -0.2) is 9.78 Å². The highest BCUT2D eigenvalue weighted by Crippen LogP contribution is 2.32. The molecule has 0 radical (unpaired) electrons. The fraction of sp³-hybridized carbons (Fsp3) is 0.400. The number of hydrogen-bond acceptors (Lipinski definition) is 4. The van der Waals surface area contributed by atoms with Crippen LogP contribution >= 0.6 is 0 Å². The zero-order valence-electron chi connectivity index (χ0n) is 7.64. The third-order valence-electron chi connectivity index (χ3n) is 2.72. The van der Waals surface area contributed by atoms with Gasteiger partial charge in [-0.3, -0.25) is 0 Å². The number of esters is 1. The fourth-order valence-corrected chi connectivity index (χ4v) is 2.07. The summed E-state index contributed by atoms with van der Waals surface area (Å²) in [5.41, 5.74) is 0.589. The minimum absolute atomic E-state index is 0.0788. The fourth-order valence-electron chi connectivity index (χ4n) is 2.07. The van der Waals surface area contributed by atoms with E-state index in [1.165, 1.54) is 0 Å². The number of ether oxygens (including phenoxy) is 1. The monoisotopic (exact) mass is 190 g/mol. The quantitative estimate of drug-likeness (QED) is 0.576. The Hall–Kier alpha value is -1.58. The number of rotatable bonds is 0. The molecule has 1 fully saturated rings. The lowest BCUT2D eigenvalue weighted by molar-refractivity contribution is 0.0289. The van der Waals surface area contributed by atoms with E-state index in [-0.39, 0.29) is 12.2 Å². The Morgan fingerprint density at radius 2 is 2.50 bits per heavy atom. The molecule has 2 aliphatic heterocycles. The summed E-state index contributed by atoms with van der Waals surface area (Å²) in [5, 5.41) is 0. The predicted molar refractivity (Wildman–Crippen MR) is 50.0 cm³/mol. The highest BCUT2D eigenvalue weighted by Gasteiger charge is 2.36. The SMILES string of the molecule is O=C1OC2CCCN2c2ncccc21. The summed E-state index contributed by atoms with van der Waals surface area (Å²) in [5.74, 6) is 0.544. The maximum absolute atomic E-state index is 11.5. The maximum atomic E-state index is 11.5. The van der Waals surface area contributed by atoms with E-state index in [9.17, 15) is 4.79 Å². The second-order valence-corrected chi connectivity index (χ2v) is 3.57. The number of carbonyl (C=O) groups is 1. The number of pyridine rings is 1. The summed E-state index contributed by atoms with van der Waals surface area (Å²) in [7, 11) is 0. The van der Waals surface area contributed by atoms with Crippen LogP contribution in [0.2, 0.25) is 0 Å². The normalized spacial score (nSPS) is 24.1. The van der Waals surface area contributed by atoms with Crippen LogP contribution in [-0.2, 0) is 4.74 Å². The van der Waals surface area contributed by atoms with Crippen molar-refractivity contribution in [2.24, 2.45) is 0 Å². The van der Waals surface area contributed by atoms with E-state index in [1.807, 2.05) is 0 Å². The standard InChI is InChI=1S/C10H10N2O2/c13-10-7-3-1-5-11-9(7)12-6-2-4-8(12)14-10/h1,3,5,8H,2,4,6H2. The van der Waals surface area contributed by atoms with Crippen molar-refractivity contribution in [3.63, 3.8) is 0 Å². The Labute approximate surface area is 81.5 Å². The second kappa shape index (κ2) is 2.70. The Bertz CT molecular complexity index is 391. The zero-order valence-corrected chi connectivity index (χ0v) is 7.64. The van der Waals surface area contributed by atoms with Crippen LogP contribution in [0.25, 0.3) is 0 Å². The van der Waals surface area contributed by atoms with Crippen LogP contribution in [0, 0.1) is 0 Å². The number of hydrogen-bond donors (Lipinski definition) is 0. The molecule has 3 rings (SSSR count). The van der Waals surface area contributed by atoms with Crippen LogP contribution in [-0.4, -0.2) is 23.7 Å². The average Bonchev–Trinajstić information content (AvgIpc) is 2.66. The van der Waals surface area contributed by atoms with Crippen molar-refractivity contribution in [2.45, 2.75) is 19.1 Å². The van der Waals surface area contributed by atoms with Crippen molar-refractivity contribution < 1.29 is 9.53 Å². The van der Waals surface area contributed by atoms with E-state index in [1.54, 1.807) is 18.3 Å². The molecular formula is C10H10N2O2. The van der Waals surface area contributed by atoms with Crippen LogP contribution in [0.5, 0.6) is 0 Å². The van der Waals surface area contributed by atoms with E-state index in [0.717, 1.165) is 25.2 Å². The first-order valence-electron chi connectivity index (χ1n) is 4.79. The van der Waals surface area contributed by atoms with E-state index in [0.29, 0.717) is 5.56 Å². The van der Waals surface area contributed by atoms with Crippen LogP contribution in [0.15, 0.2) is 18.3 Å². The summed E-state index contributed by atoms with van der Waals surface area (Å²) in [6, 6.07) is 3.52. The molecule has 4 heteroatoms. The highest BCUT2D eigenvalue weighted by molar-refractivity contribution is 5.96. The molecule has 1 atom stereocenters. The van der Waals surface area contributed by atoms with E-state index < -0.39 is 0 Å². The lowest BCUT2D eigenvalue weighted by Crippen LogP contribution is -2.39.